The lowest BCUT2D eigenvalue weighted by molar-refractivity contribution is 0.753. The van der Waals surface area contributed by atoms with Crippen LogP contribution in [-0.2, 0) is 5.41 Å². The van der Waals surface area contributed by atoms with Crippen LogP contribution in [0.5, 0.6) is 0 Å². The second-order valence-electron chi connectivity index (χ2n) is 13.7. The summed E-state index contributed by atoms with van der Waals surface area (Å²) >= 11 is 0. The summed E-state index contributed by atoms with van der Waals surface area (Å²) in [5, 5.41) is 4.94. The topological polar surface area (TPSA) is 3.24 Å². The molecule has 244 valence electrons. The minimum absolute atomic E-state index is 0.549. The summed E-state index contributed by atoms with van der Waals surface area (Å²) in [5.74, 6) is 0. The van der Waals surface area contributed by atoms with E-state index in [-0.39, 0.29) is 0 Å². The van der Waals surface area contributed by atoms with Crippen molar-refractivity contribution >= 4 is 38.6 Å². The van der Waals surface area contributed by atoms with Gasteiger partial charge in [0.1, 0.15) is 0 Å². The first-order valence-corrected chi connectivity index (χ1v) is 18.0. The molecule has 0 radical (unpaired) electrons. The minimum atomic E-state index is -0.549. The second-order valence-corrected chi connectivity index (χ2v) is 13.7. The molecule has 0 unspecified atom stereocenters. The lowest BCUT2D eigenvalue weighted by atomic mass is 9.63. The third-order valence-electron chi connectivity index (χ3n) is 10.9. The van der Waals surface area contributed by atoms with E-state index >= 15 is 0 Å². The first-order chi connectivity index (χ1) is 25.8. The molecular weight excluding hydrogens is 627 g/mol. The van der Waals surface area contributed by atoms with Crippen molar-refractivity contribution in [3.05, 3.63) is 235 Å². The fourth-order valence-corrected chi connectivity index (χ4v) is 8.70. The van der Waals surface area contributed by atoms with Crippen molar-refractivity contribution in [2.45, 2.75) is 5.41 Å². The van der Waals surface area contributed by atoms with Crippen molar-refractivity contribution in [3.8, 4) is 22.3 Å². The van der Waals surface area contributed by atoms with Gasteiger partial charge in [0.15, 0.2) is 0 Å². The summed E-state index contributed by atoms with van der Waals surface area (Å²) in [5.41, 5.74) is 13.0. The Morgan fingerprint density at radius 1 is 0.288 bits per heavy atom. The van der Waals surface area contributed by atoms with Crippen LogP contribution >= 0.6 is 0 Å². The second kappa shape index (κ2) is 12.3. The molecular formula is C51H35N. The van der Waals surface area contributed by atoms with E-state index in [9.17, 15) is 0 Å². The fourth-order valence-electron chi connectivity index (χ4n) is 8.70. The number of rotatable bonds is 5. The third-order valence-corrected chi connectivity index (χ3v) is 10.9. The Morgan fingerprint density at radius 3 is 1.29 bits per heavy atom. The van der Waals surface area contributed by atoms with Crippen LogP contribution in [0.2, 0.25) is 0 Å². The van der Waals surface area contributed by atoms with Gasteiger partial charge in [-0.3, -0.25) is 0 Å². The molecule has 0 saturated heterocycles. The molecule has 0 atom stereocenters. The first kappa shape index (κ1) is 30.2. The Labute approximate surface area is 304 Å². The Morgan fingerprint density at radius 2 is 0.731 bits per heavy atom. The fraction of sp³-hybridized carbons (Fsp3) is 0.0196. The maximum atomic E-state index is 2.44. The highest BCUT2D eigenvalue weighted by Gasteiger charge is 2.43. The quantitative estimate of drug-likeness (QED) is 0.166. The van der Waals surface area contributed by atoms with Crippen LogP contribution in [0.25, 0.3) is 43.8 Å². The van der Waals surface area contributed by atoms with Crippen LogP contribution in [-0.4, -0.2) is 0 Å². The normalized spacial score (nSPS) is 12.8. The molecule has 0 fully saturated rings. The third kappa shape index (κ3) is 4.63. The van der Waals surface area contributed by atoms with E-state index in [1.807, 2.05) is 0 Å². The molecule has 0 saturated carbocycles. The molecule has 0 amide bonds. The zero-order valence-electron chi connectivity index (χ0n) is 28.7. The highest BCUT2D eigenvalue weighted by Crippen LogP contribution is 2.55. The molecule has 0 aromatic heterocycles. The van der Waals surface area contributed by atoms with Gasteiger partial charge in [0, 0.05) is 17.1 Å². The molecule has 0 bridgehead atoms. The van der Waals surface area contributed by atoms with Crippen molar-refractivity contribution in [2.75, 3.05) is 4.90 Å². The predicted octanol–water partition coefficient (Wildman–Crippen LogP) is 13.5. The van der Waals surface area contributed by atoms with Gasteiger partial charge in [-0.25, -0.2) is 0 Å². The van der Waals surface area contributed by atoms with Gasteiger partial charge in [0.25, 0.3) is 0 Å². The van der Waals surface area contributed by atoms with Crippen molar-refractivity contribution in [3.63, 3.8) is 0 Å². The molecule has 9 aromatic rings. The zero-order chi connectivity index (χ0) is 34.5. The van der Waals surface area contributed by atoms with Crippen molar-refractivity contribution in [1.29, 1.82) is 0 Å². The van der Waals surface area contributed by atoms with E-state index in [0.29, 0.717) is 0 Å². The summed E-state index contributed by atoms with van der Waals surface area (Å²) in [6.07, 6.45) is 0. The number of anilines is 3. The van der Waals surface area contributed by atoms with Gasteiger partial charge in [0.2, 0.25) is 0 Å². The van der Waals surface area contributed by atoms with E-state index in [2.05, 4.69) is 217 Å². The van der Waals surface area contributed by atoms with Gasteiger partial charge in [-0.1, -0.05) is 170 Å². The van der Waals surface area contributed by atoms with Gasteiger partial charge in [-0.15, -0.1) is 0 Å². The SMILES string of the molecule is c1ccc(N(c2ccccc2)c2ccc3c(ccc4cc(C5(c6ccccc6)c6ccccc6-c6ccccc6-c6ccccc65)ccc43)c2)cc1. The maximum absolute atomic E-state index is 2.44. The Bertz CT molecular complexity index is 2620. The summed E-state index contributed by atoms with van der Waals surface area (Å²) in [7, 11) is 0. The van der Waals surface area contributed by atoms with Crippen LogP contribution in [0.15, 0.2) is 212 Å². The molecule has 1 heteroatoms. The molecule has 0 spiro atoms. The average Bonchev–Trinajstić information content (AvgIpc) is 3.33. The van der Waals surface area contributed by atoms with Crippen LogP contribution in [0.1, 0.15) is 22.3 Å². The highest BCUT2D eigenvalue weighted by atomic mass is 15.1. The van der Waals surface area contributed by atoms with Gasteiger partial charge in [-0.2, -0.15) is 0 Å². The number of hydrogen-bond donors (Lipinski definition) is 0. The lowest BCUT2D eigenvalue weighted by Gasteiger charge is -2.38. The Balaban J connectivity index is 1.21. The van der Waals surface area contributed by atoms with Crippen molar-refractivity contribution < 1.29 is 0 Å². The molecule has 0 heterocycles. The van der Waals surface area contributed by atoms with E-state index in [4.69, 9.17) is 0 Å². The van der Waals surface area contributed by atoms with Gasteiger partial charge >= 0.3 is 0 Å². The molecule has 52 heavy (non-hydrogen) atoms. The molecule has 1 nitrogen and oxygen atoms in total. The first-order valence-electron chi connectivity index (χ1n) is 18.0. The summed E-state index contributed by atoms with van der Waals surface area (Å²) in [4.78, 5) is 2.33. The van der Waals surface area contributed by atoms with Gasteiger partial charge in [-0.05, 0) is 109 Å². The molecule has 1 aliphatic carbocycles. The lowest BCUT2D eigenvalue weighted by Crippen LogP contribution is -2.31. The Kier molecular flexibility index (Phi) is 7.11. The molecule has 10 rings (SSSR count). The summed E-state index contributed by atoms with van der Waals surface area (Å²) in [6, 6.07) is 77.9. The van der Waals surface area contributed by atoms with Crippen LogP contribution in [0.3, 0.4) is 0 Å². The number of hydrogen-bond acceptors (Lipinski definition) is 1. The van der Waals surface area contributed by atoms with E-state index in [1.165, 1.54) is 66.1 Å². The van der Waals surface area contributed by atoms with E-state index in [0.717, 1.165) is 17.1 Å². The van der Waals surface area contributed by atoms with Gasteiger partial charge < -0.3 is 4.90 Å². The molecule has 9 aromatic carbocycles. The smallest absolute Gasteiger partial charge is 0.0713 e. The number of nitrogens with zero attached hydrogens (tertiary/aromatic N) is 1. The zero-order valence-corrected chi connectivity index (χ0v) is 28.7. The monoisotopic (exact) mass is 661 g/mol. The minimum Gasteiger partial charge on any atom is -0.310 e. The van der Waals surface area contributed by atoms with Gasteiger partial charge in [0.05, 0.1) is 5.41 Å². The number of fused-ring (bicyclic) bond motifs is 8. The van der Waals surface area contributed by atoms with Crippen molar-refractivity contribution in [2.24, 2.45) is 0 Å². The van der Waals surface area contributed by atoms with E-state index < -0.39 is 5.41 Å². The van der Waals surface area contributed by atoms with Crippen molar-refractivity contribution in [1.82, 2.24) is 0 Å². The molecule has 1 aliphatic rings. The Hall–Kier alpha value is -6.70. The van der Waals surface area contributed by atoms with Crippen LogP contribution in [0, 0.1) is 0 Å². The maximum Gasteiger partial charge on any atom is 0.0713 e. The summed E-state index contributed by atoms with van der Waals surface area (Å²) < 4.78 is 0. The van der Waals surface area contributed by atoms with Crippen LogP contribution < -0.4 is 4.90 Å². The summed E-state index contributed by atoms with van der Waals surface area (Å²) in [6.45, 7) is 0. The average molecular weight is 662 g/mol. The standard InChI is InChI=1S/C51H35N/c1-4-16-38(17-5-1)51(49-26-14-12-24-47(49)45-22-10-11-23-46(45)48-25-13-15-27-50(48)51)39-30-32-43-36(34-39)28-29-37-35-42(31-33-44(37)43)52(40-18-6-2-7-19-40)41-20-8-3-9-21-41/h1-35H. The predicted molar refractivity (Wildman–Crippen MR) is 219 cm³/mol. The highest BCUT2D eigenvalue weighted by molar-refractivity contribution is 6.09. The van der Waals surface area contributed by atoms with E-state index in [1.54, 1.807) is 0 Å². The van der Waals surface area contributed by atoms with Crippen LogP contribution in [0.4, 0.5) is 17.1 Å². The number of benzene rings is 9. The number of para-hydroxylation sites is 2. The molecule has 0 N–H and O–H groups in total. The molecule has 0 aliphatic heterocycles. The largest absolute Gasteiger partial charge is 0.310 e.